The number of aromatic nitrogens is 1. The number of amides is 1. The molecule has 0 N–H and O–H groups in total. The smallest absolute Gasteiger partial charge is 0.307 e. The molecule has 0 spiro atoms. The standard InChI is InChI=1S/C16H19ClN2O3S/c1-12-11-23-16(21)19(12)7-6-15(20)18(2)8-9-22-14-5-3-4-13(17)10-14/h3-5,10-11H,6-9H2,1-2H3. The van der Waals surface area contributed by atoms with E-state index in [0.29, 0.717) is 36.9 Å². The summed E-state index contributed by atoms with van der Waals surface area (Å²) in [5, 5.41) is 2.42. The molecule has 0 saturated carbocycles. The first-order valence-electron chi connectivity index (χ1n) is 7.24. The number of nitrogens with zero attached hydrogens (tertiary/aromatic N) is 2. The highest BCUT2D eigenvalue weighted by molar-refractivity contribution is 7.07. The van der Waals surface area contributed by atoms with Crippen molar-refractivity contribution in [2.24, 2.45) is 0 Å². The SMILES string of the molecule is Cc1csc(=O)n1CCC(=O)N(C)CCOc1cccc(Cl)c1. The lowest BCUT2D eigenvalue weighted by Crippen LogP contribution is -2.32. The van der Waals surface area contributed by atoms with Gasteiger partial charge in [-0.2, -0.15) is 0 Å². The van der Waals surface area contributed by atoms with E-state index in [1.54, 1.807) is 34.0 Å². The number of hydrogen-bond donors (Lipinski definition) is 0. The van der Waals surface area contributed by atoms with Crippen molar-refractivity contribution in [3.63, 3.8) is 0 Å². The van der Waals surface area contributed by atoms with Gasteiger partial charge in [0, 0.05) is 36.1 Å². The van der Waals surface area contributed by atoms with Gasteiger partial charge in [-0.25, -0.2) is 0 Å². The van der Waals surface area contributed by atoms with E-state index in [4.69, 9.17) is 16.3 Å². The van der Waals surface area contributed by atoms with Crippen molar-refractivity contribution in [1.82, 2.24) is 9.47 Å². The van der Waals surface area contributed by atoms with E-state index in [1.165, 1.54) is 0 Å². The molecule has 5 nitrogen and oxygen atoms in total. The van der Waals surface area contributed by atoms with Crippen LogP contribution in [0.3, 0.4) is 0 Å². The van der Waals surface area contributed by atoms with E-state index < -0.39 is 0 Å². The normalized spacial score (nSPS) is 10.6. The quantitative estimate of drug-likeness (QED) is 0.768. The predicted octanol–water partition coefficient (Wildman–Crippen LogP) is 2.80. The molecule has 1 aromatic heterocycles. The molecule has 1 amide bonds. The molecule has 1 aromatic carbocycles. The monoisotopic (exact) mass is 354 g/mol. The van der Waals surface area contributed by atoms with Gasteiger partial charge in [-0.3, -0.25) is 9.59 Å². The minimum Gasteiger partial charge on any atom is -0.492 e. The number of carbonyl (C=O) groups is 1. The molecule has 0 aliphatic carbocycles. The summed E-state index contributed by atoms with van der Waals surface area (Å²) in [6.07, 6.45) is 0.297. The first-order chi connectivity index (χ1) is 11.0. The molecule has 0 atom stereocenters. The Labute approximate surface area is 144 Å². The second kappa shape index (κ2) is 8.17. The van der Waals surface area contributed by atoms with E-state index in [9.17, 15) is 9.59 Å². The Morgan fingerprint density at radius 2 is 2.22 bits per heavy atom. The van der Waals surface area contributed by atoms with Crippen LogP contribution in [0.5, 0.6) is 5.75 Å². The third kappa shape index (κ3) is 5.11. The second-order valence-electron chi connectivity index (χ2n) is 5.17. The van der Waals surface area contributed by atoms with E-state index in [1.807, 2.05) is 19.1 Å². The molecule has 124 valence electrons. The highest BCUT2D eigenvalue weighted by Gasteiger charge is 2.11. The number of halogens is 1. The van der Waals surface area contributed by atoms with Gasteiger partial charge in [0.15, 0.2) is 0 Å². The fraction of sp³-hybridized carbons (Fsp3) is 0.375. The fourth-order valence-electron chi connectivity index (χ4n) is 2.05. The number of ether oxygens (including phenoxy) is 1. The molecular weight excluding hydrogens is 336 g/mol. The maximum Gasteiger partial charge on any atom is 0.307 e. The lowest BCUT2D eigenvalue weighted by atomic mass is 10.3. The van der Waals surface area contributed by atoms with Crippen LogP contribution in [-0.4, -0.2) is 35.6 Å². The Morgan fingerprint density at radius 3 is 2.87 bits per heavy atom. The van der Waals surface area contributed by atoms with Crippen LogP contribution < -0.4 is 9.61 Å². The Bertz CT molecular complexity index is 726. The molecule has 2 rings (SSSR count). The lowest BCUT2D eigenvalue weighted by molar-refractivity contribution is -0.130. The van der Waals surface area contributed by atoms with Crippen molar-refractivity contribution < 1.29 is 9.53 Å². The third-order valence-electron chi connectivity index (χ3n) is 3.44. The molecule has 0 aliphatic rings. The summed E-state index contributed by atoms with van der Waals surface area (Å²) in [5.41, 5.74) is 0.889. The Morgan fingerprint density at radius 1 is 1.43 bits per heavy atom. The van der Waals surface area contributed by atoms with Gasteiger partial charge < -0.3 is 14.2 Å². The predicted molar refractivity (Wildman–Crippen MR) is 92.5 cm³/mol. The molecular formula is C16H19ClN2O3S. The molecule has 1 heterocycles. The highest BCUT2D eigenvalue weighted by atomic mass is 35.5. The number of carbonyl (C=O) groups excluding carboxylic acids is 1. The molecule has 0 saturated heterocycles. The average Bonchev–Trinajstić information content (AvgIpc) is 2.83. The number of rotatable bonds is 7. The summed E-state index contributed by atoms with van der Waals surface area (Å²) in [7, 11) is 1.73. The molecule has 23 heavy (non-hydrogen) atoms. The van der Waals surface area contributed by atoms with Gasteiger partial charge in [-0.1, -0.05) is 29.0 Å². The molecule has 0 aliphatic heterocycles. The molecule has 2 aromatic rings. The number of likely N-dealkylation sites (N-methyl/N-ethyl adjacent to an activating group) is 1. The zero-order valence-electron chi connectivity index (χ0n) is 13.1. The minimum absolute atomic E-state index is 0.0165. The van der Waals surface area contributed by atoms with Crippen LogP contribution in [0.4, 0.5) is 0 Å². The highest BCUT2D eigenvalue weighted by Crippen LogP contribution is 2.16. The topological polar surface area (TPSA) is 51.5 Å². The summed E-state index contributed by atoms with van der Waals surface area (Å²) >= 11 is 7.04. The van der Waals surface area contributed by atoms with Gasteiger partial charge in [0.2, 0.25) is 5.91 Å². The summed E-state index contributed by atoms with van der Waals surface area (Å²) in [6.45, 7) is 3.14. The average molecular weight is 355 g/mol. The lowest BCUT2D eigenvalue weighted by Gasteiger charge is -2.18. The van der Waals surface area contributed by atoms with Crippen LogP contribution in [0.2, 0.25) is 5.02 Å². The molecule has 0 fully saturated rings. The minimum atomic E-state index is -0.0257. The first kappa shape index (κ1) is 17.6. The van der Waals surface area contributed by atoms with Crippen LogP contribution in [0.15, 0.2) is 34.4 Å². The maximum absolute atomic E-state index is 12.1. The Balaban J connectivity index is 1.76. The van der Waals surface area contributed by atoms with Crippen LogP contribution in [0, 0.1) is 6.92 Å². The van der Waals surface area contributed by atoms with Crippen molar-refractivity contribution in [3.05, 3.63) is 50.0 Å². The number of hydrogen-bond acceptors (Lipinski definition) is 4. The molecule has 0 bridgehead atoms. The second-order valence-corrected chi connectivity index (χ2v) is 6.42. The zero-order valence-corrected chi connectivity index (χ0v) is 14.7. The van der Waals surface area contributed by atoms with E-state index in [-0.39, 0.29) is 10.8 Å². The molecule has 0 unspecified atom stereocenters. The van der Waals surface area contributed by atoms with Gasteiger partial charge in [-0.15, -0.1) is 0 Å². The largest absolute Gasteiger partial charge is 0.492 e. The number of benzene rings is 1. The van der Waals surface area contributed by atoms with Crippen LogP contribution in [0.1, 0.15) is 12.1 Å². The maximum atomic E-state index is 12.1. The van der Waals surface area contributed by atoms with Crippen molar-refractivity contribution in [3.8, 4) is 5.75 Å². The van der Waals surface area contributed by atoms with E-state index in [0.717, 1.165) is 17.0 Å². The number of aryl methyl sites for hydroxylation is 1. The van der Waals surface area contributed by atoms with Gasteiger partial charge in [0.25, 0.3) is 0 Å². The Hall–Kier alpha value is -1.79. The molecule has 0 radical (unpaired) electrons. The Kier molecular flexibility index (Phi) is 6.24. The summed E-state index contributed by atoms with van der Waals surface area (Å²) in [6, 6.07) is 7.14. The zero-order chi connectivity index (χ0) is 16.8. The molecule has 7 heteroatoms. The fourth-order valence-corrected chi connectivity index (χ4v) is 3.00. The van der Waals surface area contributed by atoms with Gasteiger partial charge in [-0.05, 0) is 25.1 Å². The van der Waals surface area contributed by atoms with Crippen molar-refractivity contribution >= 4 is 28.8 Å². The summed E-state index contributed by atoms with van der Waals surface area (Å²) < 4.78 is 7.19. The van der Waals surface area contributed by atoms with Gasteiger partial charge >= 0.3 is 4.87 Å². The van der Waals surface area contributed by atoms with Crippen LogP contribution >= 0.6 is 22.9 Å². The van der Waals surface area contributed by atoms with Crippen molar-refractivity contribution in [2.75, 3.05) is 20.2 Å². The van der Waals surface area contributed by atoms with Gasteiger partial charge in [0.1, 0.15) is 12.4 Å². The van der Waals surface area contributed by atoms with Crippen molar-refractivity contribution in [1.29, 1.82) is 0 Å². The van der Waals surface area contributed by atoms with E-state index >= 15 is 0 Å². The first-order valence-corrected chi connectivity index (χ1v) is 8.50. The summed E-state index contributed by atoms with van der Waals surface area (Å²) in [4.78, 5) is 25.3. The van der Waals surface area contributed by atoms with Crippen LogP contribution in [-0.2, 0) is 11.3 Å². The van der Waals surface area contributed by atoms with Crippen molar-refractivity contribution in [2.45, 2.75) is 19.9 Å². The van der Waals surface area contributed by atoms with E-state index in [2.05, 4.69) is 0 Å². The van der Waals surface area contributed by atoms with Gasteiger partial charge in [0.05, 0.1) is 6.54 Å². The van der Waals surface area contributed by atoms with Crippen LogP contribution in [0.25, 0.3) is 0 Å². The number of thiazole rings is 1. The third-order valence-corrected chi connectivity index (χ3v) is 4.56. The summed E-state index contributed by atoms with van der Waals surface area (Å²) in [5.74, 6) is 0.663.